The minimum atomic E-state index is -0.283. The Labute approximate surface area is 146 Å². The number of nitrogens with zero attached hydrogens (tertiary/aromatic N) is 2. The van der Waals surface area contributed by atoms with Crippen LogP contribution in [0.3, 0.4) is 0 Å². The Morgan fingerprint density at radius 3 is 3.00 bits per heavy atom. The van der Waals surface area contributed by atoms with Crippen LogP contribution in [-0.2, 0) is 11.3 Å². The molecule has 0 radical (unpaired) electrons. The van der Waals surface area contributed by atoms with E-state index in [0.29, 0.717) is 16.4 Å². The molecule has 1 amide bonds. The molecule has 23 heavy (non-hydrogen) atoms. The van der Waals surface area contributed by atoms with E-state index >= 15 is 0 Å². The van der Waals surface area contributed by atoms with Gasteiger partial charge in [-0.2, -0.15) is 4.99 Å². The van der Waals surface area contributed by atoms with Crippen molar-refractivity contribution in [2.24, 2.45) is 4.99 Å². The number of aromatic nitrogens is 1. The zero-order valence-electron chi connectivity index (χ0n) is 12.1. The summed E-state index contributed by atoms with van der Waals surface area (Å²) in [5.74, 6) is -0.283. The molecule has 0 bridgehead atoms. The second kappa shape index (κ2) is 7.08. The van der Waals surface area contributed by atoms with Crippen molar-refractivity contribution >= 4 is 56.5 Å². The molecule has 3 rings (SSSR count). The first-order chi connectivity index (χ1) is 11.2. The maximum atomic E-state index is 12.1. The Morgan fingerprint density at radius 2 is 2.26 bits per heavy atom. The van der Waals surface area contributed by atoms with Crippen molar-refractivity contribution in [1.29, 1.82) is 0 Å². The van der Waals surface area contributed by atoms with Crippen LogP contribution in [0.2, 0.25) is 5.02 Å². The highest BCUT2D eigenvalue weighted by atomic mass is 35.5. The van der Waals surface area contributed by atoms with Crippen molar-refractivity contribution in [2.45, 2.75) is 6.54 Å². The average molecular weight is 361 g/mol. The molecule has 1 aromatic carbocycles. The van der Waals surface area contributed by atoms with E-state index in [0.717, 1.165) is 15.1 Å². The lowest BCUT2D eigenvalue weighted by Crippen LogP contribution is -2.15. The predicted octanol–water partition coefficient (Wildman–Crippen LogP) is 4.74. The fourth-order valence-corrected chi connectivity index (χ4v) is 4.05. The topological polar surface area (TPSA) is 34.4 Å². The maximum absolute atomic E-state index is 12.1. The summed E-state index contributed by atoms with van der Waals surface area (Å²) in [6, 6.07) is 9.54. The van der Waals surface area contributed by atoms with E-state index in [2.05, 4.69) is 11.6 Å². The van der Waals surface area contributed by atoms with E-state index in [1.807, 2.05) is 40.3 Å². The molecule has 116 valence electrons. The van der Waals surface area contributed by atoms with Crippen LogP contribution in [0.25, 0.3) is 16.3 Å². The molecular weight excluding hydrogens is 348 g/mol. The number of carbonyl (C=O) groups is 1. The summed E-state index contributed by atoms with van der Waals surface area (Å²) in [5.41, 5.74) is 0.994. The van der Waals surface area contributed by atoms with Crippen LogP contribution in [0.4, 0.5) is 0 Å². The number of amides is 1. The van der Waals surface area contributed by atoms with Crippen LogP contribution < -0.4 is 4.80 Å². The molecule has 0 fully saturated rings. The van der Waals surface area contributed by atoms with E-state index in [1.54, 1.807) is 23.5 Å². The third-order valence-electron chi connectivity index (χ3n) is 3.10. The van der Waals surface area contributed by atoms with Gasteiger partial charge in [0.25, 0.3) is 5.91 Å². The Hall–Kier alpha value is -1.95. The minimum Gasteiger partial charge on any atom is -0.312 e. The number of thiophene rings is 1. The predicted molar refractivity (Wildman–Crippen MR) is 98.9 cm³/mol. The van der Waals surface area contributed by atoms with Crippen molar-refractivity contribution < 1.29 is 4.79 Å². The van der Waals surface area contributed by atoms with Gasteiger partial charge in [-0.3, -0.25) is 4.79 Å². The van der Waals surface area contributed by atoms with Crippen molar-refractivity contribution in [3.63, 3.8) is 0 Å². The van der Waals surface area contributed by atoms with Gasteiger partial charge >= 0.3 is 0 Å². The molecule has 0 saturated heterocycles. The van der Waals surface area contributed by atoms with Crippen LogP contribution in [-0.4, -0.2) is 10.5 Å². The van der Waals surface area contributed by atoms with Gasteiger partial charge in [0, 0.05) is 22.5 Å². The third-order valence-corrected chi connectivity index (χ3v) is 5.21. The number of thiazole rings is 1. The molecule has 3 aromatic rings. The first-order valence-corrected chi connectivity index (χ1v) is 8.95. The molecule has 0 aliphatic carbocycles. The SMILES string of the molecule is C=CCn1c(=NC(=O)C=Cc2cccs2)sc2cc(Cl)ccc21. The van der Waals surface area contributed by atoms with E-state index in [4.69, 9.17) is 11.6 Å². The fraction of sp³-hybridized carbons (Fsp3) is 0.0588. The smallest absolute Gasteiger partial charge is 0.272 e. The average Bonchev–Trinajstić information content (AvgIpc) is 3.14. The standard InChI is InChI=1S/C17H13ClN2OS2/c1-2-9-20-14-7-5-12(18)11-15(14)23-17(20)19-16(21)8-6-13-4-3-10-22-13/h2-8,10-11H,1,9H2. The van der Waals surface area contributed by atoms with Gasteiger partial charge in [-0.25, -0.2) is 0 Å². The van der Waals surface area contributed by atoms with E-state index in [9.17, 15) is 4.79 Å². The number of halogens is 1. The minimum absolute atomic E-state index is 0.283. The summed E-state index contributed by atoms with van der Waals surface area (Å²) < 4.78 is 2.95. The van der Waals surface area contributed by atoms with Crippen molar-refractivity contribution in [1.82, 2.24) is 4.57 Å². The van der Waals surface area contributed by atoms with Crippen LogP contribution in [0.1, 0.15) is 4.88 Å². The number of allylic oxidation sites excluding steroid dienone is 1. The quantitative estimate of drug-likeness (QED) is 0.488. The highest BCUT2D eigenvalue weighted by molar-refractivity contribution is 7.16. The van der Waals surface area contributed by atoms with Gasteiger partial charge in [0.05, 0.1) is 10.2 Å². The van der Waals surface area contributed by atoms with Gasteiger partial charge in [-0.1, -0.05) is 35.1 Å². The molecule has 0 N–H and O–H groups in total. The fourth-order valence-electron chi connectivity index (χ4n) is 2.11. The van der Waals surface area contributed by atoms with Gasteiger partial charge in [0.2, 0.25) is 0 Å². The molecular formula is C17H13ClN2OS2. The molecule has 0 aliphatic heterocycles. The van der Waals surface area contributed by atoms with E-state index < -0.39 is 0 Å². The van der Waals surface area contributed by atoms with Crippen LogP contribution >= 0.6 is 34.3 Å². The van der Waals surface area contributed by atoms with Gasteiger partial charge in [-0.05, 0) is 35.7 Å². The number of carbonyl (C=O) groups excluding carboxylic acids is 1. The summed E-state index contributed by atoms with van der Waals surface area (Å²) in [6.07, 6.45) is 5.05. The van der Waals surface area contributed by atoms with Gasteiger partial charge in [0.1, 0.15) is 0 Å². The first-order valence-electron chi connectivity index (χ1n) is 6.87. The zero-order chi connectivity index (χ0) is 16.2. The first kappa shape index (κ1) is 15.9. The van der Waals surface area contributed by atoms with Gasteiger partial charge in [0.15, 0.2) is 4.80 Å². The van der Waals surface area contributed by atoms with Crippen molar-refractivity contribution in [3.05, 3.63) is 69.1 Å². The second-order valence-corrected chi connectivity index (χ2v) is 7.12. The Balaban J connectivity index is 2.01. The molecule has 2 aromatic heterocycles. The highest BCUT2D eigenvalue weighted by Crippen LogP contribution is 2.22. The Kier molecular flexibility index (Phi) is 4.91. The summed E-state index contributed by atoms with van der Waals surface area (Å²) in [4.78, 5) is 18.0. The second-order valence-electron chi connectivity index (χ2n) is 4.69. The molecule has 0 spiro atoms. The maximum Gasteiger partial charge on any atom is 0.272 e. The van der Waals surface area contributed by atoms with Crippen LogP contribution in [0, 0.1) is 0 Å². The monoisotopic (exact) mass is 360 g/mol. The number of benzene rings is 1. The zero-order valence-corrected chi connectivity index (χ0v) is 14.5. The molecule has 3 nitrogen and oxygen atoms in total. The van der Waals surface area contributed by atoms with Crippen LogP contribution in [0.5, 0.6) is 0 Å². The molecule has 6 heteroatoms. The van der Waals surface area contributed by atoms with Gasteiger partial charge < -0.3 is 4.57 Å². The lowest BCUT2D eigenvalue weighted by atomic mass is 10.3. The Morgan fingerprint density at radius 1 is 1.39 bits per heavy atom. The third kappa shape index (κ3) is 3.69. The number of fused-ring (bicyclic) bond motifs is 1. The number of hydrogen-bond acceptors (Lipinski definition) is 3. The summed E-state index contributed by atoms with van der Waals surface area (Å²) in [5, 5.41) is 2.63. The molecule has 0 aliphatic rings. The largest absolute Gasteiger partial charge is 0.312 e. The normalized spacial score (nSPS) is 12.3. The summed E-state index contributed by atoms with van der Waals surface area (Å²) in [7, 11) is 0. The molecule has 0 atom stereocenters. The van der Waals surface area contributed by atoms with E-state index in [-0.39, 0.29) is 5.91 Å². The van der Waals surface area contributed by atoms with E-state index in [1.165, 1.54) is 17.4 Å². The van der Waals surface area contributed by atoms with Crippen molar-refractivity contribution in [3.8, 4) is 0 Å². The highest BCUT2D eigenvalue weighted by Gasteiger charge is 2.06. The van der Waals surface area contributed by atoms with Gasteiger partial charge in [-0.15, -0.1) is 17.9 Å². The number of hydrogen-bond donors (Lipinski definition) is 0. The summed E-state index contributed by atoms with van der Waals surface area (Å²) >= 11 is 9.06. The Bertz CT molecular complexity index is 949. The molecule has 0 unspecified atom stereocenters. The van der Waals surface area contributed by atoms with Crippen LogP contribution in [0.15, 0.2) is 59.4 Å². The lowest BCUT2D eigenvalue weighted by molar-refractivity contribution is -0.113. The van der Waals surface area contributed by atoms with Crippen molar-refractivity contribution in [2.75, 3.05) is 0 Å². The number of rotatable bonds is 4. The lowest BCUT2D eigenvalue weighted by Gasteiger charge is -2.00. The molecule has 0 saturated carbocycles. The summed E-state index contributed by atoms with van der Waals surface area (Å²) in [6.45, 7) is 4.35. The molecule has 2 heterocycles.